The largest absolute Gasteiger partial charge is 0.391 e. The molecule has 1 aromatic heterocycles. The maximum atomic E-state index is 12.9. The summed E-state index contributed by atoms with van der Waals surface area (Å²) in [5, 5.41) is 22.4. The van der Waals surface area contributed by atoms with Crippen molar-refractivity contribution in [2.24, 2.45) is 4.99 Å². The lowest BCUT2D eigenvalue weighted by molar-refractivity contribution is -0.132. The molecule has 9 heteroatoms. The Morgan fingerprint density at radius 2 is 1.91 bits per heavy atom. The van der Waals surface area contributed by atoms with Crippen molar-refractivity contribution in [2.45, 2.75) is 39.8 Å². The molecular weight excluding hydrogens is 442 g/mol. The summed E-state index contributed by atoms with van der Waals surface area (Å²) in [6.07, 6.45) is 4.03. The van der Waals surface area contributed by atoms with E-state index >= 15 is 0 Å². The number of nitrogens with zero attached hydrogens (tertiary/aromatic N) is 6. The number of allylic oxidation sites excluding steroid dienone is 2. The van der Waals surface area contributed by atoms with Gasteiger partial charge in [0.15, 0.2) is 0 Å². The van der Waals surface area contributed by atoms with Crippen LogP contribution in [0.4, 0.5) is 5.69 Å². The zero-order chi connectivity index (χ0) is 24.9. The first kappa shape index (κ1) is 24.7. The van der Waals surface area contributed by atoms with Crippen molar-refractivity contribution in [1.82, 2.24) is 19.6 Å². The molecular formula is C26H35N7O2. The van der Waals surface area contributed by atoms with Gasteiger partial charge in [-0.2, -0.15) is 5.10 Å². The number of rotatable bonds is 5. The lowest BCUT2D eigenvalue weighted by atomic mass is 10.0. The molecule has 2 aliphatic rings. The van der Waals surface area contributed by atoms with E-state index in [1.54, 1.807) is 15.8 Å². The van der Waals surface area contributed by atoms with Gasteiger partial charge in [0.05, 0.1) is 11.8 Å². The highest BCUT2D eigenvalue weighted by Gasteiger charge is 2.24. The van der Waals surface area contributed by atoms with Crippen LogP contribution in [0.1, 0.15) is 30.3 Å². The van der Waals surface area contributed by atoms with Gasteiger partial charge in [-0.25, -0.2) is 4.99 Å². The number of carbonyl (C=O) groups excluding carboxylic acids is 1. The van der Waals surface area contributed by atoms with E-state index in [1.807, 2.05) is 49.9 Å². The zero-order valence-electron chi connectivity index (χ0n) is 20.8. The van der Waals surface area contributed by atoms with Crippen LogP contribution in [0.25, 0.3) is 5.57 Å². The van der Waals surface area contributed by atoms with Crippen molar-refractivity contribution in [2.75, 3.05) is 44.2 Å². The average Bonchev–Trinajstić information content (AvgIpc) is 3.43. The van der Waals surface area contributed by atoms with Gasteiger partial charge in [0.2, 0.25) is 11.9 Å². The Labute approximate surface area is 206 Å². The maximum Gasteiger partial charge on any atom is 0.244 e. The van der Waals surface area contributed by atoms with Gasteiger partial charge in [0, 0.05) is 62.4 Å². The van der Waals surface area contributed by atoms with Gasteiger partial charge in [-0.1, -0.05) is 24.3 Å². The van der Waals surface area contributed by atoms with E-state index in [2.05, 4.69) is 27.1 Å². The van der Waals surface area contributed by atoms with E-state index in [9.17, 15) is 9.90 Å². The summed E-state index contributed by atoms with van der Waals surface area (Å²) in [4.78, 5) is 23.3. The number of hydrogen-bond donors (Lipinski definition) is 2. The molecule has 3 heterocycles. The summed E-state index contributed by atoms with van der Waals surface area (Å²) >= 11 is 0. The molecule has 35 heavy (non-hydrogen) atoms. The van der Waals surface area contributed by atoms with E-state index in [0.717, 1.165) is 41.3 Å². The smallest absolute Gasteiger partial charge is 0.244 e. The second kappa shape index (κ2) is 10.9. The fourth-order valence-electron chi connectivity index (χ4n) is 4.70. The van der Waals surface area contributed by atoms with Crippen LogP contribution >= 0.6 is 0 Å². The number of carbonyl (C=O) groups is 1. The molecule has 2 saturated heterocycles. The fourth-order valence-corrected chi connectivity index (χ4v) is 4.70. The summed E-state index contributed by atoms with van der Waals surface area (Å²) in [7, 11) is 0. The van der Waals surface area contributed by atoms with Crippen LogP contribution in [0.2, 0.25) is 0 Å². The normalized spacial score (nSPS) is 19.1. The fraction of sp³-hybridized carbons (Fsp3) is 0.462. The summed E-state index contributed by atoms with van der Waals surface area (Å²) in [6, 6.07) is 10.2. The molecule has 0 spiro atoms. The number of guanidine groups is 1. The first-order valence-electron chi connectivity index (χ1n) is 12.2. The van der Waals surface area contributed by atoms with Gasteiger partial charge >= 0.3 is 0 Å². The van der Waals surface area contributed by atoms with Crippen LogP contribution < -0.4 is 4.90 Å². The zero-order valence-corrected chi connectivity index (χ0v) is 20.8. The minimum absolute atomic E-state index is 0.0935. The number of aliphatic hydroxyl groups excluding tert-OH is 1. The SMILES string of the molecule is C/C=C(\C=NC(=N)N1CCC(O)C1)c1ccccc1N1CCN(C(=O)Cn2nc(C)cc2C)CC1. The van der Waals surface area contributed by atoms with Gasteiger partial charge in [-0.15, -0.1) is 0 Å². The minimum atomic E-state index is -0.384. The molecule has 1 atom stereocenters. The Kier molecular flexibility index (Phi) is 7.65. The summed E-state index contributed by atoms with van der Waals surface area (Å²) in [6.45, 7) is 10.1. The third-order valence-corrected chi connectivity index (χ3v) is 6.68. The van der Waals surface area contributed by atoms with Crippen molar-refractivity contribution in [3.8, 4) is 0 Å². The predicted octanol–water partition coefficient (Wildman–Crippen LogP) is 2.32. The number of β-amino-alcohol motifs (C(OH)–C–C–N with tert-alkyl or cyclic N) is 1. The number of amides is 1. The highest BCUT2D eigenvalue weighted by molar-refractivity contribution is 6.14. The summed E-state index contributed by atoms with van der Waals surface area (Å²) < 4.78 is 1.78. The molecule has 0 saturated carbocycles. The molecule has 4 rings (SSSR count). The van der Waals surface area contributed by atoms with Gasteiger partial charge in [-0.3, -0.25) is 14.9 Å². The number of aromatic nitrogens is 2. The molecule has 2 aliphatic heterocycles. The highest BCUT2D eigenvalue weighted by atomic mass is 16.3. The number of aryl methyl sites for hydroxylation is 2. The first-order valence-corrected chi connectivity index (χ1v) is 12.2. The third kappa shape index (κ3) is 5.79. The predicted molar refractivity (Wildman–Crippen MR) is 139 cm³/mol. The van der Waals surface area contributed by atoms with Gasteiger partial charge in [-0.05, 0) is 44.9 Å². The van der Waals surface area contributed by atoms with Crippen molar-refractivity contribution < 1.29 is 9.90 Å². The van der Waals surface area contributed by atoms with Crippen molar-refractivity contribution >= 4 is 29.3 Å². The number of likely N-dealkylation sites (tertiary alicyclic amines) is 1. The molecule has 2 aromatic rings. The lowest BCUT2D eigenvalue weighted by Crippen LogP contribution is -2.50. The minimum Gasteiger partial charge on any atom is -0.391 e. The standard InChI is InChI=1S/C26H35N7O2/c1-4-21(16-28-26(27)32-10-9-22(34)17-32)23-7-5-6-8-24(23)30-11-13-31(14-12-30)25(35)18-33-20(3)15-19(2)29-33/h4-8,15-16,22,27,34H,9-14,17-18H2,1-3H3/b21-4+,27-26?,28-16?. The van der Waals surface area contributed by atoms with E-state index in [1.165, 1.54) is 0 Å². The Morgan fingerprint density at radius 3 is 2.54 bits per heavy atom. The molecule has 2 fully saturated rings. The molecule has 0 aliphatic carbocycles. The maximum absolute atomic E-state index is 12.9. The molecule has 1 amide bonds. The van der Waals surface area contributed by atoms with E-state index in [-0.39, 0.29) is 24.5 Å². The second-order valence-corrected chi connectivity index (χ2v) is 9.18. The van der Waals surface area contributed by atoms with Gasteiger partial charge in [0.1, 0.15) is 6.54 Å². The van der Waals surface area contributed by atoms with Crippen molar-refractivity contribution in [1.29, 1.82) is 5.41 Å². The number of piperazine rings is 1. The van der Waals surface area contributed by atoms with Crippen LogP contribution in [0.5, 0.6) is 0 Å². The molecule has 1 unspecified atom stereocenters. The number of anilines is 1. The van der Waals surface area contributed by atoms with Crippen LogP contribution in [-0.4, -0.2) is 88.1 Å². The number of aliphatic imine (C=N–C) groups is 1. The number of hydrogen-bond acceptors (Lipinski definition) is 5. The van der Waals surface area contributed by atoms with Gasteiger partial charge in [0.25, 0.3) is 0 Å². The molecule has 0 bridgehead atoms. The molecule has 1 aromatic carbocycles. The van der Waals surface area contributed by atoms with E-state index in [4.69, 9.17) is 5.41 Å². The quantitative estimate of drug-likeness (QED) is 0.509. The molecule has 2 N–H and O–H groups in total. The van der Waals surface area contributed by atoms with E-state index in [0.29, 0.717) is 32.6 Å². The third-order valence-electron chi connectivity index (χ3n) is 6.68. The second-order valence-electron chi connectivity index (χ2n) is 9.18. The topological polar surface area (TPSA) is 101 Å². The van der Waals surface area contributed by atoms with Crippen LogP contribution in [0, 0.1) is 19.3 Å². The number of aliphatic hydroxyl groups is 1. The van der Waals surface area contributed by atoms with Crippen LogP contribution in [0.15, 0.2) is 41.4 Å². The van der Waals surface area contributed by atoms with Crippen LogP contribution in [-0.2, 0) is 11.3 Å². The number of nitrogens with one attached hydrogen (secondary N) is 1. The monoisotopic (exact) mass is 477 g/mol. The Balaban J connectivity index is 1.40. The van der Waals surface area contributed by atoms with Gasteiger partial charge < -0.3 is 19.8 Å². The number of para-hydroxylation sites is 1. The first-order chi connectivity index (χ1) is 16.9. The van der Waals surface area contributed by atoms with Crippen LogP contribution in [0.3, 0.4) is 0 Å². The number of benzene rings is 1. The Bertz CT molecular complexity index is 1130. The summed E-state index contributed by atoms with van der Waals surface area (Å²) in [5.74, 6) is 0.268. The average molecular weight is 478 g/mol. The Hall–Kier alpha value is -3.46. The van der Waals surface area contributed by atoms with Crippen molar-refractivity contribution in [3.63, 3.8) is 0 Å². The summed E-state index contributed by atoms with van der Waals surface area (Å²) in [5.41, 5.74) is 5.01. The molecule has 9 nitrogen and oxygen atoms in total. The Morgan fingerprint density at radius 1 is 1.17 bits per heavy atom. The van der Waals surface area contributed by atoms with Crippen molar-refractivity contribution in [3.05, 3.63) is 53.4 Å². The highest BCUT2D eigenvalue weighted by Crippen LogP contribution is 2.27. The molecule has 0 radical (unpaired) electrons. The van der Waals surface area contributed by atoms with E-state index < -0.39 is 0 Å². The lowest BCUT2D eigenvalue weighted by Gasteiger charge is -2.37. The molecule has 186 valence electrons.